The number of nitrogens with zero attached hydrogens (tertiary/aromatic N) is 2. The van der Waals surface area contributed by atoms with E-state index in [2.05, 4.69) is 23.7 Å². The van der Waals surface area contributed by atoms with E-state index in [9.17, 15) is 4.79 Å². The summed E-state index contributed by atoms with van der Waals surface area (Å²) in [4.78, 5) is 19.4. The highest BCUT2D eigenvalue weighted by molar-refractivity contribution is 5.96. The first kappa shape index (κ1) is 15.3. The Morgan fingerprint density at radius 3 is 3.00 bits per heavy atom. The van der Waals surface area contributed by atoms with Crippen LogP contribution in [0.4, 0.5) is 0 Å². The van der Waals surface area contributed by atoms with Gasteiger partial charge >= 0.3 is 0 Å². The highest BCUT2D eigenvalue weighted by Crippen LogP contribution is 2.37. The molecule has 4 heteroatoms. The van der Waals surface area contributed by atoms with Gasteiger partial charge in [0.05, 0.1) is 6.61 Å². The van der Waals surface area contributed by atoms with Crippen LogP contribution in [0.15, 0.2) is 18.3 Å². The second kappa shape index (κ2) is 6.67. The zero-order chi connectivity index (χ0) is 15.5. The molecular weight excluding hydrogens is 276 g/mol. The Balaban J connectivity index is 1.79. The number of aromatic nitrogens is 1. The molecule has 2 heterocycles. The summed E-state index contributed by atoms with van der Waals surface area (Å²) in [6, 6.07) is 4.11. The molecule has 2 atom stereocenters. The van der Waals surface area contributed by atoms with Crippen LogP contribution in [-0.2, 0) is 0 Å². The Bertz CT molecular complexity index is 530. The minimum atomic E-state index is 0.100. The first-order chi connectivity index (χ1) is 10.7. The third-order valence-corrected chi connectivity index (χ3v) is 4.81. The molecule has 1 amide bonds. The highest BCUT2D eigenvalue weighted by atomic mass is 16.5. The van der Waals surface area contributed by atoms with Crippen LogP contribution < -0.4 is 4.74 Å². The zero-order valence-electron chi connectivity index (χ0n) is 13.6. The maximum atomic E-state index is 13.0. The lowest BCUT2D eigenvalue weighted by atomic mass is 9.91. The van der Waals surface area contributed by atoms with Crippen molar-refractivity contribution in [3.05, 3.63) is 23.9 Å². The van der Waals surface area contributed by atoms with E-state index in [-0.39, 0.29) is 5.91 Å². The van der Waals surface area contributed by atoms with Crippen molar-refractivity contribution in [2.75, 3.05) is 13.2 Å². The summed E-state index contributed by atoms with van der Waals surface area (Å²) >= 11 is 0. The monoisotopic (exact) mass is 302 g/mol. The molecule has 0 radical (unpaired) electrons. The standard InChI is InChI=1S/C18H26N2O2/c1-13(2)12-22-17-15(8-4-10-19-17)18(21)20-11-5-7-14-6-3-9-16(14)20/h4,8,10,13-14,16H,3,5-7,9,11-12H2,1-2H3/t14-,16-/m0/s1. The fourth-order valence-electron chi connectivity index (χ4n) is 3.78. The van der Waals surface area contributed by atoms with Gasteiger partial charge in [-0.25, -0.2) is 4.98 Å². The van der Waals surface area contributed by atoms with Gasteiger partial charge in [-0.05, 0) is 49.7 Å². The number of hydrogen-bond acceptors (Lipinski definition) is 3. The van der Waals surface area contributed by atoms with Crippen molar-refractivity contribution in [3.8, 4) is 5.88 Å². The van der Waals surface area contributed by atoms with Crippen molar-refractivity contribution >= 4 is 5.91 Å². The molecule has 1 aromatic rings. The lowest BCUT2D eigenvalue weighted by molar-refractivity contribution is 0.0542. The maximum absolute atomic E-state index is 13.0. The largest absolute Gasteiger partial charge is 0.477 e. The number of likely N-dealkylation sites (tertiary alicyclic amines) is 1. The molecule has 0 aromatic carbocycles. The lowest BCUT2D eigenvalue weighted by Crippen LogP contribution is -2.46. The van der Waals surface area contributed by atoms with Gasteiger partial charge in [-0.2, -0.15) is 0 Å². The topological polar surface area (TPSA) is 42.4 Å². The summed E-state index contributed by atoms with van der Waals surface area (Å²) in [5.74, 6) is 1.71. The molecule has 0 N–H and O–H groups in total. The first-order valence-corrected chi connectivity index (χ1v) is 8.55. The molecule has 4 nitrogen and oxygen atoms in total. The van der Waals surface area contributed by atoms with E-state index >= 15 is 0 Å². The Morgan fingerprint density at radius 1 is 1.36 bits per heavy atom. The van der Waals surface area contributed by atoms with Crippen LogP contribution in [0.2, 0.25) is 0 Å². The van der Waals surface area contributed by atoms with Crippen LogP contribution in [-0.4, -0.2) is 35.0 Å². The van der Waals surface area contributed by atoms with Crippen molar-refractivity contribution < 1.29 is 9.53 Å². The summed E-state index contributed by atoms with van der Waals surface area (Å²) < 4.78 is 5.76. The molecular formula is C18H26N2O2. The van der Waals surface area contributed by atoms with E-state index in [4.69, 9.17) is 4.74 Å². The average molecular weight is 302 g/mol. The number of hydrogen-bond donors (Lipinski definition) is 0. The minimum absolute atomic E-state index is 0.100. The Hall–Kier alpha value is -1.58. The van der Waals surface area contributed by atoms with Crippen LogP contribution in [0, 0.1) is 11.8 Å². The summed E-state index contributed by atoms with van der Waals surface area (Å²) in [5, 5.41) is 0. The molecule has 0 spiro atoms. The fourth-order valence-corrected chi connectivity index (χ4v) is 3.78. The smallest absolute Gasteiger partial charge is 0.259 e. The summed E-state index contributed by atoms with van der Waals surface area (Å²) in [5.41, 5.74) is 0.621. The van der Waals surface area contributed by atoms with Gasteiger partial charge in [-0.1, -0.05) is 20.3 Å². The Kier molecular flexibility index (Phi) is 4.65. The van der Waals surface area contributed by atoms with Gasteiger partial charge in [-0.3, -0.25) is 4.79 Å². The molecule has 1 saturated carbocycles. The number of rotatable bonds is 4. The van der Waals surface area contributed by atoms with Gasteiger partial charge in [0.25, 0.3) is 5.91 Å². The molecule has 3 rings (SSSR count). The number of ether oxygens (including phenoxy) is 1. The van der Waals surface area contributed by atoms with Crippen LogP contribution in [0.25, 0.3) is 0 Å². The number of carbonyl (C=O) groups excluding carboxylic acids is 1. The van der Waals surface area contributed by atoms with Gasteiger partial charge in [0, 0.05) is 18.8 Å². The van der Waals surface area contributed by atoms with E-state index in [1.807, 2.05) is 12.1 Å². The average Bonchev–Trinajstić information content (AvgIpc) is 3.01. The van der Waals surface area contributed by atoms with Crippen LogP contribution >= 0.6 is 0 Å². The highest BCUT2D eigenvalue weighted by Gasteiger charge is 2.38. The quantitative estimate of drug-likeness (QED) is 0.854. The number of piperidine rings is 1. The molecule has 1 aliphatic carbocycles. The molecule has 0 bridgehead atoms. The van der Waals surface area contributed by atoms with Crippen molar-refractivity contribution in [2.24, 2.45) is 11.8 Å². The maximum Gasteiger partial charge on any atom is 0.259 e. The van der Waals surface area contributed by atoms with E-state index in [0.717, 1.165) is 19.4 Å². The van der Waals surface area contributed by atoms with Crippen molar-refractivity contribution in [3.63, 3.8) is 0 Å². The Labute approximate surface area is 132 Å². The van der Waals surface area contributed by atoms with E-state index in [1.165, 1.54) is 19.3 Å². The number of amides is 1. The van der Waals surface area contributed by atoms with E-state index in [1.54, 1.807) is 6.20 Å². The van der Waals surface area contributed by atoms with Crippen molar-refractivity contribution in [2.45, 2.75) is 52.0 Å². The SMILES string of the molecule is CC(C)COc1ncccc1C(=O)N1CCC[C@@H]2CCC[C@@H]21. The van der Waals surface area contributed by atoms with Gasteiger partial charge in [0.2, 0.25) is 5.88 Å². The second-order valence-corrected chi connectivity index (χ2v) is 6.96. The van der Waals surface area contributed by atoms with E-state index < -0.39 is 0 Å². The normalized spacial score (nSPS) is 24.4. The van der Waals surface area contributed by atoms with E-state index in [0.29, 0.717) is 35.9 Å². The third-order valence-electron chi connectivity index (χ3n) is 4.81. The minimum Gasteiger partial charge on any atom is -0.477 e. The van der Waals surface area contributed by atoms with Gasteiger partial charge in [-0.15, -0.1) is 0 Å². The van der Waals surface area contributed by atoms with Crippen LogP contribution in [0.1, 0.15) is 56.3 Å². The molecule has 2 fully saturated rings. The summed E-state index contributed by atoms with van der Waals surface area (Å²) in [6.45, 7) is 5.65. The molecule has 1 aliphatic heterocycles. The third kappa shape index (κ3) is 3.11. The molecule has 2 aliphatic rings. The first-order valence-electron chi connectivity index (χ1n) is 8.55. The van der Waals surface area contributed by atoms with Gasteiger partial charge in [0.1, 0.15) is 5.56 Å². The summed E-state index contributed by atoms with van der Waals surface area (Å²) in [7, 11) is 0. The van der Waals surface area contributed by atoms with Crippen molar-refractivity contribution in [1.82, 2.24) is 9.88 Å². The second-order valence-electron chi connectivity index (χ2n) is 6.96. The predicted octanol–water partition coefficient (Wildman–Crippen LogP) is 3.52. The number of pyridine rings is 1. The summed E-state index contributed by atoms with van der Waals surface area (Å²) in [6.07, 6.45) is 7.77. The van der Waals surface area contributed by atoms with Crippen molar-refractivity contribution in [1.29, 1.82) is 0 Å². The number of fused-ring (bicyclic) bond motifs is 1. The zero-order valence-corrected chi connectivity index (χ0v) is 13.6. The molecule has 0 unspecified atom stereocenters. The molecule has 1 saturated heterocycles. The number of carbonyl (C=O) groups is 1. The predicted molar refractivity (Wildman–Crippen MR) is 86.0 cm³/mol. The Morgan fingerprint density at radius 2 is 2.18 bits per heavy atom. The van der Waals surface area contributed by atoms with Gasteiger partial charge in [0.15, 0.2) is 0 Å². The molecule has 120 valence electrons. The molecule has 22 heavy (non-hydrogen) atoms. The lowest BCUT2D eigenvalue weighted by Gasteiger charge is -2.38. The van der Waals surface area contributed by atoms with Gasteiger partial charge < -0.3 is 9.64 Å². The van der Waals surface area contributed by atoms with Crippen LogP contribution in [0.3, 0.4) is 0 Å². The fraction of sp³-hybridized carbons (Fsp3) is 0.667. The van der Waals surface area contributed by atoms with Crippen LogP contribution in [0.5, 0.6) is 5.88 Å². The molecule has 1 aromatic heterocycles.